The summed E-state index contributed by atoms with van der Waals surface area (Å²) in [5.74, 6) is -1.63. The molecular formula is C8H9ClN2O5. The van der Waals surface area contributed by atoms with Gasteiger partial charge in [-0.05, 0) is 22.0 Å². The van der Waals surface area contributed by atoms with Gasteiger partial charge in [-0.25, -0.2) is 0 Å². The zero-order chi connectivity index (χ0) is 12.3. The third-order valence-electron chi connectivity index (χ3n) is 1.87. The van der Waals surface area contributed by atoms with Crippen LogP contribution in [-0.2, 0) is 0 Å². The molecule has 8 heteroatoms. The van der Waals surface area contributed by atoms with E-state index in [0.717, 1.165) is 6.07 Å². The normalized spacial score (nSPS) is 14.4. The Hall–Kier alpha value is -1.44. The summed E-state index contributed by atoms with van der Waals surface area (Å²) in [4.78, 5) is 13.0. The summed E-state index contributed by atoms with van der Waals surface area (Å²) in [5.41, 5.74) is -0.127. The zero-order valence-corrected chi connectivity index (χ0v) is 8.70. The van der Waals surface area contributed by atoms with Crippen LogP contribution in [0.15, 0.2) is 12.1 Å². The highest BCUT2D eigenvalue weighted by atomic mass is 35.5. The van der Waals surface area contributed by atoms with Gasteiger partial charge in [0.15, 0.2) is 5.69 Å². The Morgan fingerprint density at radius 1 is 1.50 bits per heavy atom. The summed E-state index contributed by atoms with van der Waals surface area (Å²) in [6, 6.07) is 2.19. The molecule has 1 heterocycles. The van der Waals surface area contributed by atoms with Crippen LogP contribution in [0.5, 0.6) is 5.75 Å². The van der Waals surface area contributed by atoms with Gasteiger partial charge in [0, 0.05) is 0 Å². The Morgan fingerprint density at radius 3 is 2.62 bits per heavy atom. The number of aliphatic hydroxyl groups is 2. The largest absolute Gasteiger partial charge is 0.501 e. The highest BCUT2D eigenvalue weighted by Gasteiger charge is 2.26. The molecule has 0 saturated carbocycles. The number of pyridine rings is 1. The molecule has 0 aliphatic rings. The van der Waals surface area contributed by atoms with Gasteiger partial charge in [-0.1, -0.05) is 0 Å². The van der Waals surface area contributed by atoms with Gasteiger partial charge < -0.3 is 25.4 Å². The monoisotopic (exact) mass is 248 g/mol. The third kappa shape index (κ3) is 2.57. The molecule has 2 unspecified atom stereocenters. The summed E-state index contributed by atoms with van der Waals surface area (Å²) >= 11 is 5.31. The fourth-order valence-corrected chi connectivity index (χ4v) is 1.21. The summed E-state index contributed by atoms with van der Waals surface area (Å²) in [5, 5.41) is 38.3. The highest BCUT2D eigenvalue weighted by Crippen LogP contribution is 2.26. The Morgan fingerprint density at radius 2 is 2.12 bits per heavy atom. The van der Waals surface area contributed by atoms with Crippen molar-refractivity contribution in [3.63, 3.8) is 0 Å². The summed E-state index contributed by atoms with van der Waals surface area (Å²) in [6.07, 6.45) is -2.71. The first-order valence-corrected chi connectivity index (χ1v) is 4.77. The minimum atomic E-state index is -1.43. The minimum Gasteiger partial charge on any atom is -0.501 e. The first-order valence-electron chi connectivity index (χ1n) is 4.23. The maximum Gasteiger partial charge on any atom is 0.406 e. The first kappa shape index (κ1) is 12.6. The van der Waals surface area contributed by atoms with Crippen LogP contribution in [0.3, 0.4) is 0 Å². The number of aromatic nitrogens is 1. The number of rotatable bonds is 4. The molecule has 0 saturated heterocycles. The molecule has 0 bridgehead atoms. The van der Waals surface area contributed by atoms with E-state index in [9.17, 15) is 20.3 Å². The second-order valence-electron chi connectivity index (χ2n) is 3.00. The maximum absolute atomic E-state index is 10.4. The van der Waals surface area contributed by atoms with Gasteiger partial charge in [-0.3, -0.25) is 0 Å². The molecule has 0 fully saturated rings. The van der Waals surface area contributed by atoms with E-state index in [1.54, 1.807) is 0 Å². The zero-order valence-electron chi connectivity index (χ0n) is 7.95. The van der Waals surface area contributed by atoms with E-state index in [4.69, 9.17) is 16.7 Å². The van der Waals surface area contributed by atoms with Gasteiger partial charge >= 0.3 is 5.82 Å². The fraction of sp³-hybridized carbons (Fsp3) is 0.375. The molecule has 1 aromatic heterocycles. The van der Waals surface area contributed by atoms with Gasteiger partial charge in [-0.15, -0.1) is 11.6 Å². The van der Waals surface area contributed by atoms with Crippen molar-refractivity contribution in [2.45, 2.75) is 12.2 Å². The molecule has 16 heavy (non-hydrogen) atoms. The van der Waals surface area contributed by atoms with Crippen molar-refractivity contribution in [2.24, 2.45) is 0 Å². The average molecular weight is 249 g/mol. The van der Waals surface area contributed by atoms with Crippen molar-refractivity contribution in [1.82, 2.24) is 4.98 Å². The minimum absolute atomic E-state index is 0.127. The Bertz CT molecular complexity index is 400. The van der Waals surface area contributed by atoms with Crippen LogP contribution in [-0.4, -0.2) is 37.2 Å². The van der Waals surface area contributed by atoms with Crippen LogP contribution in [0.2, 0.25) is 0 Å². The molecule has 0 amide bonds. The molecule has 7 nitrogen and oxygen atoms in total. The average Bonchev–Trinajstić information content (AvgIpc) is 2.27. The molecule has 0 radical (unpaired) electrons. The molecular weight excluding hydrogens is 240 g/mol. The summed E-state index contributed by atoms with van der Waals surface area (Å²) < 4.78 is 0. The second kappa shape index (κ2) is 5.06. The van der Waals surface area contributed by atoms with E-state index in [0.29, 0.717) is 0 Å². The van der Waals surface area contributed by atoms with Gasteiger partial charge in [-0.2, -0.15) is 0 Å². The predicted molar refractivity (Wildman–Crippen MR) is 54.2 cm³/mol. The maximum atomic E-state index is 10.4. The van der Waals surface area contributed by atoms with Crippen molar-refractivity contribution in [3.8, 4) is 5.75 Å². The Balaban J connectivity index is 3.07. The van der Waals surface area contributed by atoms with Crippen LogP contribution >= 0.6 is 11.6 Å². The lowest BCUT2D eigenvalue weighted by atomic mass is 10.1. The van der Waals surface area contributed by atoms with Crippen molar-refractivity contribution >= 4 is 17.4 Å². The van der Waals surface area contributed by atoms with Crippen molar-refractivity contribution in [2.75, 3.05) is 5.88 Å². The number of aromatic hydroxyl groups is 1. The van der Waals surface area contributed by atoms with Gasteiger partial charge in [0.1, 0.15) is 12.2 Å². The molecule has 0 spiro atoms. The van der Waals surface area contributed by atoms with E-state index in [-0.39, 0.29) is 11.6 Å². The van der Waals surface area contributed by atoms with Gasteiger partial charge in [0.2, 0.25) is 5.75 Å². The molecule has 0 aliphatic carbocycles. The fourth-order valence-electron chi connectivity index (χ4n) is 1.04. The number of nitrogens with zero attached hydrogens (tertiary/aromatic N) is 2. The van der Waals surface area contributed by atoms with E-state index < -0.39 is 28.7 Å². The molecule has 3 N–H and O–H groups in total. The topological polar surface area (TPSA) is 117 Å². The molecule has 2 atom stereocenters. The number of aliphatic hydroxyl groups excluding tert-OH is 2. The molecule has 0 aliphatic heterocycles. The molecule has 88 valence electrons. The molecule has 0 aromatic carbocycles. The van der Waals surface area contributed by atoms with E-state index >= 15 is 0 Å². The van der Waals surface area contributed by atoms with E-state index in [1.807, 2.05) is 0 Å². The van der Waals surface area contributed by atoms with Crippen LogP contribution in [0.4, 0.5) is 5.82 Å². The number of hydrogen-bond acceptors (Lipinski definition) is 6. The SMILES string of the molecule is O=[N+]([O-])c1nc(C(O)C(O)CCl)ccc1O. The van der Waals surface area contributed by atoms with Crippen LogP contribution < -0.4 is 0 Å². The Labute approximate surface area is 95.1 Å². The second-order valence-corrected chi connectivity index (χ2v) is 3.31. The Kier molecular flexibility index (Phi) is 3.99. The third-order valence-corrected chi connectivity index (χ3v) is 2.19. The predicted octanol–water partition coefficient (Wildman–Crippen LogP) is 0.328. The van der Waals surface area contributed by atoms with Crippen LogP contribution in [0.25, 0.3) is 0 Å². The van der Waals surface area contributed by atoms with Gasteiger partial charge in [0.05, 0.1) is 5.88 Å². The number of nitro groups is 1. The number of hydrogen-bond donors (Lipinski definition) is 3. The molecule has 1 aromatic rings. The first-order chi connectivity index (χ1) is 7.47. The van der Waals surface area contributed by atoms with Crippen LogP contribution in [0, 0.1) is 10.1 Å². The van der Waals surface area contributed by atoms with Crippen molar-refractivity contribution in [1.29, 1.82) is 0 Å². The standard InChI is InChI=1S/C8H9ClN2O5/c9-3-6(13)7(14)4-1-2-5(12)8(10-4)11(15)16/h1-2,6-7,12-14H,3H2. The lowest BCUT2D eigenvalue weighted by Gasteiger charge is -2.11. The van der Waals surface area contributed by atoms with Gasteiger partial charge in [0.25, 0.3) is 0 Å². The smallest absolute Gasteiger partial charge is 0.406 e. The summed E-state index contributed by atoms with van der Waals surface area (Å²) in [7, 11) is 0. The molecule has 1 rings (SSSR count). The van der Waals surface area contributed by atoms with Crippen LogP contribution in [0.1, 0.15) is 11.8 Å². The lowest BCUT2D eigenvalue weighted by molar-refractivity contribution is -0.390. The summed E-state index contributed by atoms with van der Waals surface area (Å²) in [6.45, 7) is 0. The number of halogens is 1. The van der Waals surface area contributed by atoms with E-state index in [1.165, 1.54) is 6.07 Å². The quantitative estimate of drug-likeness (QED) is 0.402. The van der Waals surface area contributed by atoms with Crippen molar-refractivity contribution < 1.29 is 20.2 Å². The van der Waals surface area contributed by atoms with E-state index in [2.05, 4.69) is 4.98 Å². The number of alkyl halides is 1. The highest BCUT2D eigenvalue weighted by molar-refractivity contribution is 6.18. The van der Waals surface area contributed by atoms with Crippen molar-refractivity contribution in [3.05, 3.63) is 27.9 Å². The lowest BCUT2D eigenvalue weighted by Crippen LogP contribution is -2.20.